The maximum atomic E-state index is 11.5. The van der Waals surface area contributed by atoms with Crippen LogP contribution in [0.2, 0.25) is 5.02 Å². The number of urea groups is 1. The van der Waals surface area contributed by atoms with Gasteiger partial charge in [0.15, 0.2) is 0 Å². The molecule has 1 aliphatic heterocycles. The second-order valence-corrected chi connectivity index (χ2v) is 5.79. The lowest BCUT2D eigenvalue weighted by Gasteiger charge is -2.26. The molecule has 2 N–H and O–H groups in total. The Balaban J connectivity index is 1.72. The standard InChI is InChI=1S/C16H19ClN4O2/c1-2-18-16(22)20-7-13-9-21-14(8-19-15(21)10-23-13)11-4-3-5-12(17)6-11/h3-6,8,13H,2,7,9-10H2,1H3,(H2,18,20,22)/t13-/m0/s1. The number of carbonyl (C=O) groups excluding carboxylic acids is 1. The summed E-state index contributed by atoms with van der Waals surface area (Å²) >= 11 is 6.08. The zero-order valence-corrected chi connectivity index (χ0v) is 13.6. The number of benzene rings is 1. The van der Waals surface area contributed by atoms with Crippen LogP contribution in [0.1, 0.15) is 12.7 Å². The molecule has 1 aliphatic rings. The summed E-state index contributed by atoms with van der Waals surface area (Å²) in [6.45, 7) is 4.01. The van der Waals surface area contributed by atoms with Crippen molar-refractivity contribution in [3.8, 4) is 11.3 Å². The monoisotopic (exact) mass is 334 g/mol. The van der Waals surface area contributed by atoms with Gasteiger partial charge in [-0.1, -0.05) is 23.7 Å². The fraction of sp³-hybridized carbons (Fsp3) is 0.375. The smallest absolute Gasteiger partial charge is 0.314 e. The lowest BCUT2D eigenvalue weighted by Crippen LogP contribution is -2.43. The van der Waals surface area contributed by atoms with E-state index in [9.17, 15) is 4.79 Å². The van der Waals surface area contributed by atoms with Gasteiger partial charge in [-0.2, -0.15) is 0 Å². The molecule has 1 aromatic heterocycles. The topological polar surface area (TPSA) is 68.2 Å². The molecule has 0 spiro atoms. The summed E-state index contributed by atoms with van der Waals surface area (Å²) in [5, 5.41) is 6.21. The Bertz CT molecular complexity index is 701. The first-order valence-electron chi connectivity index (χ1n) is 7.61. The molecule has 23 heavy (non-hydrogen) atoms. The highest BCUT2D eigenvalue weighted by Gasteiger charge is 2.23. The van der Waals surface area contributed by atoms with Crippen LogP contribution in [-0.2, 0) is 17.9 Å². The maximum absolute atomic E-state index is 11.5. The van der Waals surface area contributed by atoms with E-state index in [0.29, 0.717) is 31.3 Å². The Morgan fingerprint density at radius 2 is 2.35 bits per heavy atom. The van der Waals surface area contributed by atoms with Crippen LogP contribution in [0.25, 0.3) is 11.3 Å². The number of hydrogen-bond acceptors (Lipinski definition) is 3. The van der Waals surface area contributed by atoms with Crippen molar-refractivity contribution in [3.05, 3.63) is 41.3 Å². The number of carbonyl (C=O) groups is 1. The summed E-state index contributed by atoms with van der Waals surface area (Å²) < 4.78 is 7.88. The van der Waals surface area contributed by atoms with Gasteiger partial charge in [0.25, 0.3) is 0 Å². The van der Waals surface area contributed by atoms with Crippen molar-refractivity contribution in [2.75, 3.05) is 13.1 Å². The molecule has 1 atom stereocenters. The number of imidazole rings is 1. The summed E-state index contributed by atoms with van der Waals surface area (Å²) in [6, 6.07) is 7.52. The predicted octanol–water partition coefficient (Wildman–Crippen LogP) is 2.42. The van der Waals surface area contributed by atoms with Crippen LogP contribution in [0.15, 0.2) is 30.5 Å². The Kier molecular flexibility index (Phi) is 4.83. The number of nitrogens with zero attached hydrogens (tertiary/aromatic N) is 2. The average Bonchev–Trinajstić information content (AvgIpc) is 2.96. The Labute approximate surface area is 139 Å². The van der Waals surface area contributed by atoms with Crippen molar-refractivity contribution in [2.45, 2.75) is 26.2 Å². The predicted molar refractivity (Wildman–Crippen MR) is 88.3 cm³/mol. The van der Waals surface area contributed by atoms with E-state index >= 15 is 0 Å². The van der Waals surface area contributed by atoms with Crippen molar-refractivity contribution >= 4 is 17.6 Å². The fourth-order valence-corrected chi connectivity index (χ4v) is 2.80. The molecule has 0 unspecified atom stereocenters. The van der Waals surface area contributed by atoms with Crippen LogP contribution in [0.3, 0.4) is 0 Å². The molecule has 0 saturated heterocycles. The zero-order valence-electron chi connectivity index (χ0n) is 12.9. The minimum Gasteiger partial charge on any atom is -0.367 e. The van der Waals surface area contributed by atoms with E-state index in [1.54, 1.807) is 0 Å². The highest BCUT2D eigenvalue weighted by molar-refractivity contribution is 6.30. The maximum Gasteiger partial charge on any atom is 0.314 e. The van der Waals surface area contributed by atoms with Crippen molar-refractivity contribution in [1.82, 2.24) is 20.2 Å². The minimum atomic E-state index is -0.178. The molecule has 7 heteroatoms. The molecular formula is C16H19ClN4O2. The van der Waals surface area contributed by atoms with Crippen LogP contribution in [0.4, 0.5) is 4.79 Å². The SMILES string of the molecule is CCNC(=O)NC[C@H]1Cn2c(-c3cccc(Cl)c3)cnc2CO1. The van der Waals surface area contributed by atoms with Crippen molar-refractivity contribution in [3.63, 3.8) is 0 Å². The van der Waals surface area contributed by atoms with E-state index < -0.39 is 0 Å². The molecule has 1 aromatic carbocycles. The molecule has 2 heterocycles. The quantitative estimate of drug-likeness (QED) is 0.902. The molecule has 6 nitrogen and oxygen atoms in total. The van der Waals surface area contributed by atoms with E-state index in [2.05, 4.69) is 20.2 Å². The van der Waals surface area contributed by atoms with Gasteiger partial charge in [-0.3, -0.25) is 0 Å². The summed E-state index contributed by atoms with van der Waals surface area (Å²) in [4.78, 5) is 15.9. The number of nitrogens with one attached hydrogen (secondary N) is 2. The third-order valence-corrected chi connectivity index (χ3v) is 3.96. The highest BCUT2D eigenvalue weighted by Crippen LogP contribution is 2.26. The van der Waals surface area contributed by atoms with Crippen LogP contribution < -0.4 is 10.6 Å². The number of rotatable bonds is 4. The first-order chi connectivity index (χ1) is 11.2. The second kappa shape index (κ2) is 7.02. The van der Waals surface area contributed by atoms with Gasteiger partial charge in [-0.25, -0.2) is 9.78 Å². The first kappa shape index (κ1) is 15.8. The van der Waals surface area contributed by atoms with Crippen LogP contribution in [0.5, 0.6) is 0 Å². The van der Waals surface area contributed by atoms with Gasteiger partial charge in [0, 0.05) is 23.7 Å². The molecule has 2 amide bonds. The molecule has 122 valence electrons. The molecule has 3 rings (SSSR count). The lowest BCUT2D eigenvalue weighted by molar-refractivity contribution is 0.00493. The third kappa shape index (κ3) is 3.65. The van der Waals surface area contributed by atoms with Gasteiger partial charge in [0.05, 0.1) is 24.5 Å². The van der Waals surface area contributed by atoms with Gasteiger partial charge >= 0.3 is 6.03 Å². The summed E-state index contributed by atoms with van der Waals surface area (Å²) in [7, 11) is 0. The zero-order chi connectivity index (χ0) is 16.2. The van der Waals surface area contributed by atoms with E-state index in [-0.39, 0.29) is 12.1 Å². The van der Waals surface area contributed by atoms with E-state index in [1.807, 2.05) is 37.4 Å². The number of halogens is 1. The largest absolute Gasteiger partial charge is 0.367 e. The molecule has 0 bridgehead atoms. The van der Waals surface area contributed by atoms with E-state index in [4.69, 9.17) is 16.3 Å². The van der Waals surface area contributed by atoms with Crippen molar-refractivity contribution < 1.29 is 9.53 Å². The van der Waals surface area contributed by atoms with Gasteiger partial charge in [-0.05, 0) is 19.1 Å². The Morgan fingerprint density at radius 1 is 1.48 bits per heavy atom. The fourth-order valence-electron chi connectivity index (χ4n) is 2.61. The number of amides is 2. The van der Waals surface area contributed by atoms with E-state index in [1.165, 1.54) is 0 Å². The molecule has 0 saturated carbocycles. The minimum absolute atomic E-state index is 0.0859. The summed E-state index contributed by atoms with van der Waals surface area (Å²) in [6.07, 6.45) is 1.75. The van der Waals surface area contributed by atoms with Crippen LogP contribution >= 0.6 is 11.6 Å². The molecule has 2 aromatic rings. The number of hydrogen-bond donors (Lipinski definition) is 2. The number of ether oxygens (including phenoxy) is 1. The molecule has 0 fully saturated rings. The Hall–Kier alpha value is -2.05. The first-order valence-corrected chi connectivity index (χ1v) is 7.99. The van der Waals surface area contributed by atoms with E-state index in [0.717, 1.165) is 17.1 Å². The summed E-state index contributed by atoms with van der Waals surface area (Å²) in [5.41, 5.74) is 2.03. The number of aromatic nitrogens is 2. The molecule has 0 radical (unpaired) electrons. The average molecular weight is 335 g/mol. The molecule has 0 aliphatic carbocycles. The number of fused-ring (bicyclic) bond motifs is 1. The Morgan fingerprint density at radius 3 is 3.13 bits per heavy atom. The second-order valence-electron chi connectivity index (χ2n) is 5.35. The summed E-state index contributed by atoms with van der Waals surface area (Å²) in [5.74, 6) is 0.884. The highest BCUT2D eigenvalue weighted by atomic mass is 35.5. The van der Waals surface area contributed by atoms with Gasteiger partial charge in [0.1, 0.15) is 12.4 Å². The van der Waals surface area contributed by atoms with Gasteiger partial charge in [-0.15, -0.1) is 0 Å². The van der Waals surface area contributed by atoms with Gasteiger partial charge in [0.2, 0.25) is 0 Å². The van der Waals surface area contributed by atoms with Crippen LogP contribution in [0, 0.1) is 0 Å². The van der Waals surface area contributed by atoms with Crippen LogP contribution in [-0.4, -0.2) is 34.8 Å². The van der Waals surface area contributed by atoms with Crippen molar-refractivity contribution in [2.24, 2.45) is 0 Å². The van der Waals surface area contributed by atoms with Crippen molar-refractivity contribution in [1.29, 1.82) is 0 Å². The third-order valence-electron chi connectivity index (χ3n) is 3.72. The van der Waals surface area contributed by atoms with Gasteiger partial charge < -0.3 is 19.9 Å². The normalized spacial score (nSPS) is 16.7. The molecular weight excluding hydrogens is 316 g/mol. The lowest BCUT2D eigenvalue weighted by atomic mass is 10.1.